The molecule has 0 fully saturated rings. The summed E-state index contributed by atoms with van der Waals surface area (Å²) >= 11 is 0. The minimum Gasteiger partial charge on any atom is -0.356 e. The van der Waals surface area contributed by atoms with E-state index in [1.165, 1.54) is 83.5 Å². The number of carbonyl (C=O) groups excluding carboxylic acids is 1. The molecule has 3 heteroatoms. The number of nitrogens with two attached hydrogens (primary N) is 1. The smallest absolute Gasteiger partial charge is 0.219 e. The summed E-state index contributed by atoms with van der Waals surface area (Å²) in [7, 11) is 0. The van der Waals surface area contributed by atoms with Crippen LogP contribution in [0.2, 0.25) is 0 Å². The molecule has 170 valence electrons. The van der Waals surface area contributed by atoms with E-state index >= 15 is 0 Å². The van der Waals surface area contributed by atoms with Crippen LogP contribution in [0.3, 0.4) is 0 Å². The van der Waals surface area contributed by atoms with Crippen LogP contribution in [0.15, 0.2) is 24.3 Å². The molecule has 29 heavy (non-hydrogen) atoms. The van der Waals surface area contributed by atoms with Crippen LogP contribution in [-0.2, 0) is 4.79 Å². The number of rotatable bonds is 22. The fraction of sp³-hybridized carbons (Fsp3) is 0.808. The van der Waals surface area contributed by atoms with Crippen LogP contribution in [0.1, 0.15) is 122 Å². The summed E-state index contributed by atoms with van der Waals surface area (Å²) in [5, 5.41) is 2.97. The minimum atomic E-state index is 0.207. The second-order valence-corrected chi connectivity index (χ2v) is 8.24. The van der Waals surface area contributed by atoms with Gasteiger partial charge in [-0.2, -0.15) is 0 Å². The number of carbonyl (C=O) groups is 1. The zero-order valence-electron chi connectivity index (χ0n) is 19.4. The first-order valence-corrected chi connectivity index (χ1v) is 12.6. The molecule has 0 bridgehead atoms. The average Bonchev–Trinajstić information content (AvgIpc) is 2.73. The van der Waals surface area contributed by atoms with E-state index in [-0.39, 0.29) is 5.91 Å². The second kappa shape index (κ2) is 24.9. The van der Waals surface area contributed by atoms with Crippen molar-refractivity contribution >= 4 is 5.91 Å². The van der Waals surface area contributed by atoms with Crippen molar-refractivity contribution in [3.05, 3.63) is 24.3 Å². The first-order valence-electron chi connectivity index (χ1n) is 12.6. The number of amides is 1. The Kier molecular flexibility index (Phi) is 24.0. The van der Waals surface area contributed by atoms with E-state index in [1.807, 2.05) is 0 Å². The highest BCUT2D eigenvalue weighted by atomic mass is 16.1. The van der Waals surface area contributed by atoms with Gasteiger partial charge in [0.05, 0.1) is 0 Å². The lowest BCUT2D eigenvalue weighted by atomic mass is 10.1. The first kappa shape index (κ1) is 27.9. The molecule has 3 nitrogen and oxygen atoms in total. The highest BCUT2D eigenvalue weighted by Crippen LogP contribution is 2.11. The van der Waals surface area contributed by atoms with Gasteiger partial charge in [-0.25, -0.2) is 0 Å². The van der Waals surface area contributed by atoms with E-state index in [2.05, 4.69) is 36.5 Å². The van der Waals surface area contributed by atoms with E-state index in [9.17, 15) is 4.79 Å². The van der Waals surface area contributed by atoms with Gasteiger partial charge in [0.1, 0.15) is 0 Å². The van der Waals surface area contributed by atoms with Gasteiger partial charge in [-0.15, -0.1) is 0 Å². The lowest BCUT2D eigenvalue weighted by Gasteiger charge is -2.05. The molecular weight excluding hydrogens is 356 g/mol. The van der Waals surface area contributed by atoms with E-state index in [0.29, 0.717) is 13.0 Å². The van der Waals surface area contributed by atoms with Crippen molar-refractivity contribution in [2.75, 3.05) is 13.1 Å². The highest BCUT2D eigenvalue weighted by Gasteiger charge is 2.00. The molecule has 0 aromatic carbocycles. The lowest BCUT2D eigenvalue weighted by molar-refractivity contribution is -0.121. The molecule has 0 rings (SSSR count). The Balaban J connectivity index is 3.20. The van der Waals surface area contributed by atoms with Crippen molar-refractivity contribution in [2.45, 2.75) is 122 Å². The third-order valence-corrected chi connectivity index (χ3v) is 5.31. The van der Waals surface area contributed by atoms with E-state index in [1.54, 1.807) is 0 Å². The van der Waals surface area contributed by atoms with Crippen LogP contribution in [0.25, 0.3) is 0 Å². The molecule has 0 aliphatic carbocycles. The molecule has 0 saturated heterocycles. The second-order valence-electron chi connectivity index (χ2n) is 8.24. The van der Waals surface area contributed by atoms with Crippen LogP contribution in [0.4, 0.5) is 0 Å². The van der Waals surface area contributed by atoms with Gasteiger partial charge in [0.2, 0.25) is 5.91 Å². The Hall–Kier alpha value is -1.09. The Morgan fingerprint density at radius 1 is 0.690 bits per heavy atom. The molecule has 0 aliphatic heterocycles. The Labute approximate surface area is 182 Å². The summed E-state index contributed by atoms with van der Waals surface area (Å²) in [4.78, 5) is 11.6. The zero-order valence-corrected chi connectivity index (χ0v) is 19.4. The van der Waals surface area contributed by atoms with Gasteiger partial charge in [0.25, 0.3) is 0 Å². The van der Waals surface area contributed by atoms with E-state index < -0.39 is 0 Å². The highest BCUT2D eigenvalue weighted by molar-refractivity contribution is 5.75. The maximum atomic E-state index is 11.6. The third kappa shape index (κ3) is 24.9. The fourth-order valence-electron chi connectivity index (χ4n) is 3.39. The summed E-state index contributed by atoms with van der Waals surface area (Å²) in [6.45, 7) is 3.75. The van der Waals surface area contributed by atoms with Crippen LogP contribution in [-0.4, -0.2) is 19.0 Å². The normalized spacial score (nSPS) is 11.7. The first-order chi connectivity index (χ1) is 14.3. The van der Waals surface area contributed by atoms with E-state index in [4.69, 9.17) is 5.73 Å². The van der Waals surface area contributed by atoms with Crippen molar-refractivity contribution in [1.29, 1.82) is 0 Å². The van der Waals surface area contributed by atoms with E-state index in [0.717, 1.165) is 32.2 Å². The maximum Gasteiger partial charge on any atom is 0.219 e. The third-order valence-electron chi connectivity index (χ3n) is 5.31. The number of hydrogen-bond donors (Lipinski definition) is 2. The largest absolute Gasteiger partial charge is 0.356 e. The Morgan fingerprint density at radius 2 is 1.24 bits per heavy atom. The van der Waals surface area contributed by atoms with Gasteiger partial charge in [0.15, 0.2) is 0 Å². The predicted octanol–water partition coefficient (Wildman–Crippen LogP) is 7.22. The summed E-state index contributed by atoms with van der Waals surface area (Å²) in [6, 6.07) is 0. The van der Waals surface area contributed by atoms with Gasteiger partial charge in [-0.1, -0.05) is 89.0 Å². The van der Waals surface area contributed by atoms with Crippen LogP contribution < -0.4 is 11.1 Å². The number of hydrogen-bond acceptors (Lipinski definition) is 2. The zero-order chi connectivity index (χ0) is 21.3. The van der Waals surface area contributed by atoms with Gasteiger partial charge in [-0.3, -0.25) is 4.79 Å². The quantitative estimate of drug-likeness (QED) is 0.147. The summed E-state index contributed by atoms with van der Waals surface area (Å²) in [5.74, 6) is 0.207. The van der Waals surface area contributed by atoms with Crippen molar-refractivity contribution < 1.29 is 4.79 Å². The van der Waals surface area contributed by atoms with Gasteiger partial charge >= 0.3 is 0 Å². The summed E-state index contributed by atoms with van der Waals surface area (Å²) in [5.41, 5.74) is 5.44. The standard InChI is InChI=1S/C26H50N2O/c1-2-3-4-5-6-7-8-9-10-11-12-13-14-15-16-17-18-19-20-23-26(29)28-25-22-21-24-27/h6-7,9-10H,2-5,8,11-25,27H2,1H3,(H,28,29)/b7-6-,10-9-. The topological polar surface area (TPSA) is 55.1 Å². The molecule has 0 atom stereocenters. The molecule has 0 aromatic heterocycles. The molecular formula is C26H50N2O. The van der Waals surface area contributed by atoms with Crippen LogP contribution in [0, 0.1) is 0 Å². The van der Waals surface area contributed by atoms with Gasteiger partial charge in [-0.05, 0) is 57.9 Å². The van der Waals surface area contributed by atoms with Crippen molar-refractivity contribution in [3.8, 4) is 0 Å². The molecule has 0 aliphatic rings. The molecule has 0 spiro atoms. The Morgan fingerprint density at radius 3 is 1.83 bits per heavy atom. The number of allylic oxidation sites excluding steroid dienone is 4. The molecule has 0 unspecified atom stereocenters. The predicted molar refractivity (Wildman–Crippen MR) is 129 cm³/mol. The fourth-order valence-corrected chi connectivity index (χ4v) is 3.39. The van der Waals surface area contributed by atoms with Crippen LogP contribution in [0.5, 0.6) is 0 Å². The SMILES string of the molecule is CCCCC/C=C\C/C=C\CCCCCCCCCCCC(=O)NCCCCN. The molecule has 0 aromatic rings. The van der Waals surface area contributed by atoms with Crippen molar-refractivity contribution in [2.24, 2.45) is 5.73 Å². The van der Waals surface area contributed by atoms with Gasteiger partial charge < -0.3 is 11.1 Å². The number of unbranched alkanes of at least 4 members (excludes halogenated alkanes) is 13. The van der Waals surface area contributed by atoms with Crippen molar-refractivity contribution in [3.63, 3.8) is 0 Å². The summed E-state index contributed by atoms with van der Waals surface area (Å²) in [6.07, 6.45) is 31.2. The molecule has 0 saturated carbocycles. The van der Waals surface area contributed by atoms with Crippen molar-refractivity contribution in [1.82, 2.24) is 5.32 Å². The molecule has 3 N–H and O–H groups in total. The van der Waals surface area contributed by atoms with Gasteiger partial charge in [0, 0.05) is 13.0 Å². The maximum absolute atomic E-state index is 11.6. The van der Waals surface area contributed by atoms with Crippen LogP contribution >= 0.6 is 0 Å². The monoisotopic (exact) mass is 406 g/mol. The average molecular weight is 407 g/mol. The molecule has 1 amide bonds. The summed E-state index contributed by atoms with van der Waals surface area (Å²) < 4.78 is 0. The Bertz CT molecular complexity index is 390. The molecule has 0 radical (unpaired) electrons. The lowest BCUT2D eigenvalue weighted by Crippen LogP contribution is -2.24. The minimum absolute atomic E-state index is 0.207. The molecule has 0 heterocycles. The number of nitrogens with one attached hydrogen (secondary N) is 1.